The molecule has 1 aliphatic rings. The topological polar surface area (TPSA) is 63.2 Å². The molecule has 20 heavy (non-hydrogen) atoms. The molecule has 0 bridgehead atoms. The maximum atomic E-state index is 12.1. The van der Waals surface area contributed by atoms with E-state index in [1.807, 2.05) is 19.9 Å². The molecule has 2 rings (SSSR count). The largest absolute Gasteiger partial charge is 0.381 e. The molecule has 0 aliphatic carbocycles. The SMILES string of the molecule is CCNc1cc(C(=O)NCCC2CCOC2)cc(C)n1. The average Bonchev–Trinajstić information content (AvgIpc) is 2.91. The molecule has 1 aromatic heterocycles. The number of aromatic nitrogens is 1. The summed E-state index contributed by atoms with van der Waals surface area (Å²) in [5.74, 6) is 1.31. The van der Waals surface area contributed by atoms with E-state index in [-0.39, 0.29) is 5.91 Å². The first-order valence-electron chi connectivity index (χ1n) is 7.27. The standard InChI is InChI=1S/C15H23N3O2/c1-3-16-14-9-13(8-11(2)18-14)15(19)17-6-4-12-5-7-20-10-12/h8-9,12H,3-7,10H2,1-2H3,(H,16,18)(H,17,19). The fraction of sp³-hybridized carbons (Fsp3) is 0.600. The quantitative estimate of drug-likeness (QED) is 0.834. The third kappa shape index (κ3) is 4.20. The Labute approximate surface area is 120 Å². The second-order valence-electron chi connectivity index (χ2n) is 5.19. The highest BCUT2D eigenvalue weighted by molar-refractivity contribution is 5.94. The zero-order valence-electron chi connectivity index (χ0n) is 12.2. The number of hydrogen-bond acceptors (Lipinski definition) is 4. The van der Waals surface area contributed by atoms with Gasteiger partial charge in [0.25, 0.3) is 5.91 Å². The van der Waals surface area contributed by atoms with Gasteiger partial charge in [0.05, 0.1) is 0 Å². The van der Waals surface area contributed by atoms with Gasteiger partial charge in [-0.1, -0.05) is 0 Å². The van der Waals surface area contributed by atoms with Crippen LogP contribution < -0.4 is 10.6 Å². The van der Waals surface area contributed by atoms with Gasteiger partial charge < -0.3 is 15.4 Å². The Bertz CT molecular complexity index is 456. The van der Waals surface area contributed by atoms with Crippen molar-refractivity contribution in [2.45, 2.75) is 26.7 Å². The van der Waals surface area contributed by atoms with Crippen molar-refractivity contribution < 1.29 is 9.53 Å². The van der Waals surface area contributed by atoms with Crippen LogP contribution in [0.2, 0.25) is 0 Å². The van der Waals surface area contributed by atoms with Crippen molar-refractivity contribution in [3.05, 3.63) is 23.4 Å². The molecule has 1 saturated heterocycles. The molecular weight excluding hydrogens is 254 g/mol. The number of carbonyl (C=O) groups is 1. The van der Waals surface area contributed by atoms with Crippen molar-refractivity contribution in [2.75, 3.05) is 31.6 Å². The van der Waals surface area contributed by atoms with Crippen LogP contribution in [0.15, 0.2) is 12.1 Å². The Morgan fingerprint density at radius 2 is 2.35 bits per heavy atom. The zero-order chi connectivity index (χ0) is 14.4. The van der Waals surface area contributed by atoms with Crippen LogP contribution in [0.25, 0.3) is 0 Å². The molecule has 1 unspecified atom stereocenters. The van der Waals surface area contributed by atoms with Crippen LogP contribution in [0, 0.1) is 12.8 Å². The van der Waals surface area contributed by atoms with Gasteiger partial charge in [-0.15, -0.1) is 0 Å². The number of nitrogens with one attached hydrogen (secondary N) is 2. The highest BCUT2D eigenvalue weighted by atomic mass is 16.5. The number of hydrogen-bond donors (Lipinski definition) is 2. The Morgan fingerprint density at radius 3 is 3.05 bits per heavy atom. The number of anilines is 1. The second kappa shape index (κ2) is 7.24. The molecule has 1 aliphatic heterocycles. The molecule has 5 nitrogen and oxygen atoms in total. The molecule has 110 valence electrons. The van der Waals surface area contributed by atoms with Crippen LogP contribution in [0.4, 0.5) is 5.82 Å². The Kier molecular flexibility index (Phi) is 5.35. The number of aryl methyl sites for hydroxylation is 1. The van der Waals surface area contributed by atoms with E-state index in [1.165, 1.54) is 0 Å². The van der Waals surface area contributed by atoms with E-state index in [2.05, 4.69) is 15.6 Å². The Balaban J connectivity index is 1.87. The molecule has 2 heterocycles. The number of amides is 1. The van der Waals surface area contributed by atoms with Gasteiger partial charge in [-0.3, -0.25) is 4.79 Å². The zero-order valence-corrected chi connectivity index (χ0v) is 12.2. The van der Waals surface area contributed by atoms with Crippen LogP contribution >= 0.6 is 0 Å². The van der Waals surface area contributed by atoms with Gasteiger partial charge in [-0.05, 0) is 44.7 Å². The minimum atomic E-state index is -0.0337. The molecule has 1 aromatic rings. The summed E-state index contributed by atoms with van der Waals surface area (Å²) in [7, 11) is 0. The monoisotopic (exact) mass is 277 g/mol. The van der Waals surface area contributed by atoms with Crippen molar-refractivity contribution in [3.63, 3.8) is 0 Å². The van der Waals surface area contributed by atoms with Gasteiger partial charge in [-0.25, -0.2) is 4.98 Å². The summed E-state index contributed by atoms with van der Waals surface area (Å²) in [6.45, 7) is 7.08. The second-order valence-corrected chi connectivity index (χ2v) is 5.19. The van der Waals surface area contributed by atoms with Gasteiger partial charge in [0.2, 0.25) is 0 Å². The van der Waals surface area contributed by atoms with Crippen molar-refractivity contribution in [1.82, 2.24) is 10.3 Å². The normalized spacial score (nSPS) is 18.0. The fourth-order valence-electron chi connectivity index (χ4n) is 2.37. The summed E-state index contributed by atoms with van der Waals surface area (Å²) in [6.07, 6.45) is 2.09. The minimum absolute atomic E-state index is 0.0337. The summed E-state index contributed by atoms with van der Waals surface area (Å²) < 4.78 is 5.33. The van der Waals surface area contributed by atoms with Crippen LogP contribution in [0.3, 0.4) is 0 Å². The van der Waals surface area contributed by atoms with E-state index >= 15 is 0 Å². The van der Waals surface area contributed by atoms with Gasteiger partial charge in [0.1, 0.15) is 5.82 Å². The van der Waals surface area contributed by atoms with Gasteiger partial charge in [0, 0.05) is 37.6 Å². The molecule has 0 aromatic carbocycles. The van der Waals surface area contributed by atoms with Crippen molar-refractivity contribution in [2.24, 2.45) is 5.92 Å². The summed E-state index contributed by atoms with van der Waals surface area (Å²) in [6, 6.07) is 3.61. The maximum absolute atomic E-state index is 12.1. The molecule has 5 heteroatoms. The summed E-state index contributed by atoms with van der Waals surface area (Å²) in [5, 5.41) is 6.11. The molecule has 2 N–H and O–H groups in total. The molecule has 0 spiro atoms. The van der Waals surface area contributed by atoms with E-state index < -0.39 is 0 Å². The molecule has 0 radical (unpaired) electrons. The highest BCUT2D eigenvalue weighted by Crippen LogP contribution is 2.15. The van der Waals surface area contributed by atoms with Crippen molar-refractivity contribution in [1.29, 1.82) is 0 Å². The molecule has 1 amide bonds. The first-order chi connectivity index (χ1) is 9.69. The van der Waals surface area contributed by atoms with Crippen molar-refractivity contribution >= 4 is 11.7 Å². The molecular formula is C15H23N3O2. The van der Waals surface area contributed by atoms with Crippen LogP contribution in [-0.4, -0.2) is 37.2 Å². The van der Waals surface area contributed by atoms with Gasteiger partial charge >= 0.3 is 0 Å². The smallest absolute Gasteiger partial charge is 0.251 e. The molecule has 0 saturated carbocycles. The Morgan fingerprint density at radius 1 is 1.50 bits per heavy atom. The number of rotatable bonds is 6. The highest BCUT2D eigenvalue weighted by Gasteiger charge is 2.15. The van der Waals surface area contributed by atoms with E-state index in [1.54, 1.807) is 6.07 Å². The lowest BCUT2D eigenvalue weighted by atomic mass is 10.1. The average molecular weight is 277 g/mol. The maximum Gasteiger partial charge on any atom is 0.251 e. The summed E-state index contributed by atoms with van der Waals surface area (Å²) in [5.41, 5.74) is 1.51. The van der Waals surface area contributed by atoms with E-state index in [9.17, 15) is 4.79 Å². The van der Waals surface area contributed by atoms with E-state index in [4.69, 9.17) is 4.74 Å². The van der Waals surface area contributed by atoms with Crippen LogP contribution in [0.1, 0.15) is 35.8 Å². The fourth-order valence-corrected chi connectivity index (χ4v) is 2.37. The van der Waals surface area contributed by atoms with Crippen molar-refractivity contribution in [3.8, 4) is 0 Å². The number of pyridine rings is 1. The summed E-state index contributed by atoms with van der Waals surface area (Å²) in [4.78, 5) is 16.5. The number of ether oxygens (including phenoxy) is 1. The lowest BCUT2D eigenvalue weighted by Crippen LogP contribution is -2.26. The van der Waals surface area contributed by atoms with E-state index in [0.29, 0.717) is 18.0 Å². The Hall–Kier alpha value is -1.62. The number of carbonyl (C=O) groups excluding carboxylic acids is 1. The molecule has 1 fully saturated rings. The van der Waals surface area contributed by atoms with Gasteiger partial charge in [-0.2, -0.15) is 0 Å². The molecule has 1 atom stereocenters. The lowest BCUT2D eigenvalue weighted by molar-refractivity contribution is 0.0950. The first kappa shape index (κ1) is 14.8. The predicted molar refractivity (Wildman–Crippen MR) is 79.0 cm³/mol. The van der Waals surface area contributed by atoms with Crippen LogP contribution in [-0.2, 0) is 4.74 Å². The third-order valence-corrected chi connectivity index (χ3v) is 3.44. The predicted octanol–water partition coefficient (Wildman–Crippen LogP) is 1.98. The van der Waals surface area contributed by atoms with E-state index in [0.717, 1.165) is 44.1 Å². The van der Waals surface area contributed by atoms with Gasteiger partial charge in [0.15, 0.2) is 0 Å². The third-order valence-electron chi connectivity index (χ3n) is 3.44. The minimum Gasteiger partial charge on any atom is -0.381 e. The van der Waals surface area contributed by atoms with Crippen LogP contribution in [0.5, 0.6) is 0 Å². The first-order valence-corrected chi connectivity index (χ1v) is 7.27. The lowest BCUT2D eigenvalue weighted by Gasteiger charge is -2.10. The number of nitrogens with zero attached hydrogens (tertiary/aromatic N) is 1. The summed E-state index contributed by atoms with van der Waals surface area (Å²) >= 11 is 0.